The summed E-state index contributed by atoms with van der Waals surface area (Å²) in [5, 5.41) is -0.652. The number of hydrogen-bond donors (Lipinski definition) is 0. The summed E-state index contributed by atoms with van der Waals surface area (Å²) in [5.74, 6) is -5.16. The maximum Gasteiger partial charge on any atom is 0.417 e. The van der Waals surface area contributed by atoms with E-state index < -0.39 is 65.0 Å². The molecule has 0 fully saturated rings. The maximum absolute atomic E-state index is 13.7. The fourth-order valence-corrected chi connectivity index (χ4v) is 4.86. The molecule has 0 radical (unpaired) electrons. The average Bonchev–Trinajstić information content (AvgIpc) is 2.74. The lowest BCUT2D eigenvalue weighted by atomic mass is 9.93. The molecule has 2 aromatic carbocycles. The van der Waals surface area contributed by atoms with Crippen LogP contribution in [0.2, 0.25) is 15.1 Å². The van der Waals surface area contributed by atoms with Crippen molar-refractivity contribution < 1.29 is 44.3 Å². The summed E-state index contributed by atoms with van der Waals surface area (Å²) in [6, 6.07) is 4.28. The lowest BCUT2D eigenvalue weighted by molar-refractivity contribution is -0.139. The second-order valence-corrected chi connectivity index (χ2v) is 10.6. The lowest BCUT2D eigenvalue weighted by Gasteiger charge is -2.19. The molecular formula is C24H18Cl3F9OS. The smallest absolute Gasteiger partial charge is 0.294 e. The first-order valence-corrected chi connectivity index (χ1v) is 12.9. The Hall–Kier alpha value is -1.56. The molecule has 1 unspecified atom stereocenters. The quantitative estimate of drug-likeness (QED) is 0.156. The molecule has 210 valence electrons. The number of allylic oxidation sites excluding steroid dienone is 1. The van der Waals surface area contributed by atoms with E-state index in [9.17, 15) is 44.3 Å². The standard InChI is InChI=1S/C24H18Cl3F9OS/c1-12(10-38-11-22(28,29)30)6-20(37)15-4-2-13(7-17(15)24(34,35)36)3-5-16(23(31,32)33)14-8-18(25)21(27)19(26)9-14/h2-5,7-9,12,16H,6,10-11H2,1H3/b5-3+/t12-,16?/m0/s1. The number of halogens is 12. The van der Waals surface area contributed by atoms with Gasteiger partial charge in [-0.3, -0.25) is 4.79 Å². The van der Waals surface area contributed by atoms with Crippen LogP contribution in [0, 0.1) is 5.92 Å². The van der Waals surface area contributed by atoms with Gasteiger partial charge in [-0.2, -0.15) is 51.3 Å². The van der Waals surface area contributed by atoms with Crippen LogP contribution in [0.1, 0.15) is 46.3 Å². The van der Waals surface area contributed by atoms with Crippen molar-refractivity contribution in [3.63, 3.8) is 0 Å². The van der Waals surface area contributed by atoms with Crippen molar-refractivity contribution in [2.45, 2.75) is 37.8 Å². The fraction of sp³-hybridized carbons (Fsp3) is 0.375. The number of Topliss-reactive ketones (excluding diaryl/α,β-unsaturated/α-hetero) is 1. The van der Waals surface area contributed by atoms with Gasteiger partial charge in [0.15, 0.2) is 5.78 Å². The summed E-state index contributed by atoms with van der Waals surface area (Å²) in [7, 11) is 0. The highest BCUT2D eigenvalue weighted by molar-refractivity contribution is 7.99. The number of thioether (sulfide) groups is 1. The van der Waals surface area contributed by atoms with Crippen LogP contribution in [0.15, 0.2) is 36.4 Å². The minimum absolute atomic E-state index is 0.106. The third-order valence-electron chi connectivity index (χ3n) is 5.05. The molecule has 0 aromatic heterocycles. The first-order valence-electron chi connectivity index (χ1n) is 10.6. The number of alkyl halides is 9. The SMILES string of the molecule is C[C@H](CSCC(F)(F)F)CC(=O)c1ccc(/C=C/C(c2cc(Cl)c(Cl)c(Cl)c2)C(F)(F)F)cc1C(F)(F)F. The Balaban J connectivity index is 2.34. The number of hydrogen-bond acceptors (Lipinski definition) is 2. The van der Waals surface area contributed by atoms with Gasteiger partial charge >= 0.3 is 18.5 Å². The van der Waals surface area contributed by atoms with Crippen molar-refractivity contribution in [2.75, 3.05) is 11.5 Å². The molecule has 0 bridgehead atoms. The fourth-order valence-electron chi connectivity index (χ4n) is 3.38. The average molecular weight is 632 g/mol. The number of carbonyl (C=O) groups is 1. The molecular weight excluding hydrogens is 614 g/mol. The van der Waals surface area contributed by atoms with E-state index in [0.29, 0.717) is 23.9 Å². The van der Waals surface area contributed by atoms with E-state index in [2.05, 4.69) is 0 Å². The highest BCUT2D eigenvalue weighted by atomic mass is 35.5. The highest BCUT2D eigenvalue weighted by Gasteiger charge is 2.40. The molecule has 2 rings (SSSR count). The lowest BCUT2D eigenvalue weighted by Crippen LogP contribution is -2.19. The second kappa shape index (κ2) is 12.7. The molecule has 0 amide bonds. The van der Waals surface area contributed by atoms with Crippen molar-refractivity contribution >= 4 is 58.4 Å². The minimum Gasteiger partial charge on any atom is -0.294 e. The van der Waals surface area contributed by atoms with Gasteiger partial charge in [0, 0.05) is 12.0 Å². The maximum atomic E-state index is 13.7. The van der Waals surface area contributed by atoms with E-state index in [-0.39, 0.29) is 26.4 Å². The Kier molecular flexibility index (Phi) is 10.9. The van der Waals surface area contributed by atoms with Crippen molar-refractivity contribution in [3.05, 3.63) is 73.7 Å². The first-order chi connectivity index (χ1) is 17.3. The minimum atomic E-state index is -5.02. The van der Waals surface area contributed by atoms with Crippen LogP contribution in [0.4, 0.5) is 39.5 Å². The molecule has 2 atom stereocenters. The second-order valence-electron chi connectivity index (χ2n) is 8.34. The third kappa shape index (κ3) is 9.57. The molecule has 0 aliphatic heterocycles. The Bertz CT molecular complexity index is 1150. The van der Waals surface area contributed by atoms with Gasteiger partial charge in [-0.1, -0.05) is 66.0 Å². The summed E-state index contributed by atoms with van der Waals surface area (Å²) in [4.78, 5) is 12.5. The van der Waals surface area contributed by atoms with Crippen LogP contribution in [-0.4, -0.2) is 29.6 Å². The van der Waals surface area contributed by atoms with Gasteiger partial charge in [-0.15, -0.1) is 0 Å². The highest BCUT2D eigenvalue weighted by Crippen LogP contribution is 2.41. The Morgan fingerprint density at radius 3 is 2.03 bits per heavy atom. The van der Waals surface area contributed by atoms with Crippen LogP contribution in [0.25, 0.3) is 6.08 Å². The zero-order valence-corrected chi connectivity index (χ0v) is 22.3. The van der Waals surface area contributed by atoms with Gasteiger partial charge in [0.25, 0.3) is 0 Å². The summed E-state index contributed by atoms with van der Waals surface area (Å²) >= 11 is 17.9. The van der Waals surface area contributed by atoms with E-state index in [4.69, 9.17) is 34.8 Å². The molecule has 0 spiro atoms. The van der Waals surface area contributed by atoms with E-state index in [1.54, 1.807) is 0 Å². The largest absolute Gasteiger partial charge is 0.417 e. The van der Waals surface area contributed by atoms with Gasteiger partial charge in [0.1, 0.15) is 0 Å². The third-order valence-corrected chi connectivity index (χ3v) is 7.58. The van der Waals surface area contributed by atoms with Gasteiger partial charge in [0.2, 0.25) is 0 Å². The molecule has 0 saturated heterocycles. The van der Waals surface area contributed by atoms with E-state index >= 15 is 0 Å². The zero-order chi connectivity index (χ0) is 29.1. The van der Waals surface area contributed by atoms with Crippen LogP contribution in [0.5, 0.6) is 0 Å². The molecule has 14 heteroatoms. The Morgan fingerprint density at radius 1 is 0.947 bits per heavy atom. The molecule has 0 aliphatic carbocycles. The van der Waals surface area contributed by atoms with Crippen LogP contribution in [-0.2, 0) is 6.18 Å². The van der Waals surface area contributed by atoms with Crippen molar-refractivity contribution in [2.24, 2.45) is 5.92 Å². The summed E-state index contributed by atoms with van der Waals surface area (Å²) in [5.41, 5.74) is -2.77. The summed E-state index contributed by atoms with van der Waals surface area (Å²) in [6.45, 7) is 1.43. The van der Waals surface area contributed by atoms with Gasteiger partial charge in [-0.05, 0) is 41.0 Å². The number of ketones is 1. The summed E-state index contributed by atoms with van der Waals surface area (Å²) < 4.78 is 119. The van der Waals surface area contributed by atoms with E-state index in [0.717, 1.165) is 30.3 Å². The Labute approximate surface area is 231 Å². The van der Waals surface area contributed by atoms with Gasteiger partial charge < -0.3 is 0 Å². The van der Waals surface area contributed by atoms with Gasteiger partial charge in [0.05, 0.1) is 32.3 Å². The topological polar surface area (TPSA) is 17.1 Å². The molecule has 0 aliphatic rings. The summed E-state index contributed by atoms with van der Waals surface area (Å²) in [6.07, 6.45) is -13.3. The number of rotatable bonds is 9. The molecule has 1 nitrogen and oxygen atoms in total. The number of benzene rings is 2. The normalized spacial score (nSPS) is 14.7. The van der Waals surface area contributed by atoms with E-state index in [1.165, 1.54) is 6.92 Å². The van der Waals surface area contributed by atoms with Gasteiger partial charge in [-0.25, -0.2) is 0 Å². The predicted octanol–water partition coefficient (Wildman–Crippen LogP) is 10.5. The molecule has 2 aromatic rings. The monoisotopic (exact) mass is 630 g/mol. The van der Waals surface area contributed by atoms with Crippen molar-refractivity contribution in [1.29, 1.82) is 0 Å². The first kappa shape index (κ1) is 32.7. The molecule has 0 heterocycles. The molecule has 38 heavy (non-hydrogen) atoms. The Morgan fingerprint density at radius 2 is 1.53 bits per heavy atom. The molecule has 0 N–H and O–H groups in total. The number of carbonyl (C=O) groups excluding carboxylic acids is 1. The van der Waals surface area contributed by atoms with Crippen molar-refractivity contribution in [3.8, 4) is 0 Å². The van der Waals surface area contributed by atoms with E-state index in [1.807, 2.05) is 0 Å². The zero-order valence-electron chi connectivity index (χ0n) is 19.2. The van der Waals surface area contributed by atoms with Crippen LogP contribution >= 0.6 is 46.6 Å². The molecule has 0 saturated carbocycles. The van der Waals surface area contributed by atoms with Crippen molar-refractivity contribution in [1.82, 2.24) is 0 Å². The van der Waals surface area contributed by atoms with Crippen LogP contribution < -0.4 is 0 Å². The predicted molar refractivity (Wildman–Crippen MR) is 132 cm³/mol. The van der Waals surface area contributed by atoms with Crippen LogP contribution in [0.3, 0.4) is 0 Å².